The Kier molecular flexibility index (Phi) is 10.9. The first-order valence-corrected chi connectivity index (χ1v) is 9.03. The predicted molar refractivity (Wildman–Crippen MR) is 105 cm³/mol. The second kappa shape index (κ2) is 13.0. The van der Waals surface area contributed by atoms with Crippen molar-refractivity contribution in [2.45, 2.75) is 33.2 Å². The molecule has 3 N–H and O–H groups in total. The van der Waals surface area contributed by atoms with Gasteiger partial charge in [0.2, 0.25) is 5.91 Å². The molecule has 0 aromatic heterocycles. The van der Waals surface area contributed by atoms with Crippen molar-refractivity contribution in [2.75, 3.05) is 40.5 Å². The van der Waals surface area contributed by atoms with Gasteiger partial charge in [-0.2, -0.15) is 0 Å². The monoisotopic (exact) mass is 364 g/mol. The molecule has 0 saturated heterocycles. The number of amides is 1. The SMILES string of the molecule is CCCNC(=O)CNC(=NC)NCc1ccc(C)cc1OCCCOC. The van der Waals surface area contributed by atoms with E-state index in [0.29, 0.717) is 32.3 Å². The first kappa shape index (κ1) is 21.8. The lowest BCUT2D eigenvalue weighted by atomic mass is 10.1. The second-order valence-electron chi connectivity index (χ2n) is 5.94. The van der Waals surface area contributed by atoms with Gasteiger partial charge in [-0.1, -0.05) is 19.1 Å². The minimum absolute atomic E-state index is 0.0488. The fraction of sp³-hybridized carbons (Fsp3) is 0.579. The van der Waals surface area contributed by atoms with E-state index in [1.807, 2.05) is 32.0 Å². The maximum absolute atomic E-state index is 11.7. The van der Waals surface area contributed by atoms with Crippen molar-refractivity contribution in [3.63, 3.8) is 0 Å². The summed E-state index contributed by atoms with van der Waals surface area (Å²) >= 11 is 0. The van der Waals surface area contributed by atoms with E-state index >= 15 is 0 Å². The van der Waals surface area contributed by atoms with Crippen LogP contribution in [-0.4, -0.2) is 52.3 Å². The quantitative estimate of drug-likeness (QED) is 0.316. The lowest BCUT2D eigenvalue weighted by molar-refractivity contribution is -0.120. The van der Waals surface area contributed by atoms with Crippen LogP contribution in [0.5, 0.6) is 5.75 Å². The van der Waals surface area contributed by atoms with Crippen molar-refractivity contribution in [1.29, 1.82) is 0 Å². The van der Waals surface area contributed by atoms with Crippen molar-refractivity contribution in [1.82, 2.24) is 16.0 Å². The van der Waals surface area contributed by atoms with E-state index in [9.17, 15) is 4.79 Å². The Bertz CT molecular complexity index is 576. The minimum Gasteiger partial charge on any atom is -0.493 e. The zero-order valence-corrected chi connectivity index (χ0v) is 16.4. The van der Waals surface area contributed by atoms with Crippen molar-refractivity contribution in [3.8, 4) is 5.75 Å². The summed E-state index contributed by atoms with van der Waals surface area (Å²) in [6.07, 6.45) is 1.76. The summed E-state index contributed by atoms with van der Waals surface area (Å²) in [5.74, 6) is 1.37. The highest BCUT2D eigenvalue weighted by Crippen LogP contribution is 2.20. The largest absolute Gasteiger partial charge is 0.493 e. The number of aryl methyl sites for hydroxylation is 1. The van der Waals surface area contributed by atoms with Gasteiger partial charge < -0.3 is 25.4 Å². The Balaban J connectivity index is 2.54. The lowest BCUT2D eigenvalue weighted by Gasteiger charge is -2.15. The van der Waals surface area contributed by atoms with E-state index in [1.54, 1.807) is 14.2 Å². The van der Waals surface area contributed by atoms with Gasteiger partial charge in [-0.05, 0) is 25.0 Å². The molecule has 0 fully saturated rings. The molecule has 1 amide bonds. The van der Waals surface area contributed by atoms with Gasteiger partial charge in [0.1, 0.15) is 5.75 Å². The number of guanidine groups is 1. The summed E-state index contributed by atoms with van der Waals surface area (Å²) in [6.45, 7) is 6.76. The molecule has 7 heteroatoms. The van der Waals surface area contributed by atoms with Crippen LogP contribution in [0.2, 0.25) is 0 Å². The minimum atomic E-state index is -0.0488. The standard InChI is InChI=1S/C19H32N4O3/c1-5-9-21-18(24)14-23-19(20-3)22-13-16-8-7-15(2)12-17(16)26-11-6-10-25-4/h7-8,12H,5-6,9-11,13-14H2,1-4H3,(H,21,24)(H2,20,22,23). The molecule has 0 unspecified atom stereocenters. The average Bonchev–Trinajstić information content (AvgIpc) is 2.64. The van der Waals surface area contributed by atoms with Gasteiger partial charge in [0.15, 0.2) is 5.96 Å². The van der Waals surface area contributed by atoms with Crippen molar-refractivity contribution in [3.05, 3.63) is 29.3 Å². The highest BCUT2D eigenvalue weighted by atomic mass is 16.5. The molecule has 0 aliphatic rings. The van der Waals surface area contributed by atoms with Crippen molar-refractivity contribution in [2.24, 2.45) is 4.99 Å². The molecule has 1 rings (SSSR count). The van der Waals surface area contributed by atoms with Crippen LogP contribution in [0, 0.1) is 6.92 Å². The topological polar surface area (TPSA) is 84.0 Å². The first-order chi connectivity index (χ1) is 12.6. The number of methoxy groups -OCH3 is 1. The van der Waals surface area contributed by atoms with E-state index in [-0.39, 0.29) is 12.5 Å². The van der Waals surface area contributed by atoms with Crippen LogP contribution in [0.1, 0.15) is 30.9 Å². The number of hydrogen-bond acceptors (Lipinski definition) is 4. The van der Waals surface area contributed by atoms with Crippen LogP contribution in [-0.2, 0) is 16.1 Å². The molecule has 0 spiro atoms. The third-order valence-electron chi connectivity index (χ3n) is 3.63. The van der Waals surface area contributed by atoms with E-state index in [0.717, 1.165) is 29.7 Å². The fourth-order valence-corrected chi connectivity index (χ4v) is 2.22. The third-order valence-corrected chi connectivity index (χ3v) is 3.63. The smallest absolute Gasteiger partial charge is 0.239 e. The van der Waals surface area contributed by atoms with Crippen molar-refractivity contribution >= 4 is 11.9 Å². The number of nitrogens with one attached hydrogen (secondary N) is 3. The zero-order valence-electron chi connectivity index (χ0n) is 16.4. The Hall–Kier alpha value is -2.28. The highest BCUT2D eigenvalue weighted by molar-refractivity contribution is 5.86. The summed E-state index contributed by atoms with van der Waals surface area (Å²) < 4.78 is 10.9. The van der Waals surface area contributed by atoms with Crippen molar-refractivity contribution < 1.29 is 14.3 Å². The molecule has 1 aromatic carbocycles. The molecular formula is C19H32N4O3. The molecule has 0 atom stereocenters. The molecule has 26 heavy (non-hydrogen) atoms. The summed E-state index contributed by atoms with van der Waals surface area (Å²) in [6, 6.07) is 6.11. The van der Waals surface area contributed by atoms with Crippen LogP contribution in [0.4, 0.5) is 0 Å². The van der Waals surface area contributed by atoms with E-state index < -0.39 is 0 Å². The summed E-state index contributed by atoms with van der Waals surface area (Å²) in [7, 11) is 3.36. The zero-order chi connectivity index (χ0) is 19.2. The summed E-state index contributed by atoms with van der Waals surface area (Å²) in [5, 5.41) is 9.04. The van der Waals surface area contributed by atoms with Gasteiger partial charge in [0, 0.05) is 45.8 Å². The highest BCUT2D eigenvalue weighted by Gasteiger charge is 2.07. The third kappa shape index (κ3) is 8.71. The van der Waals surface area contributed by atoms with E-state index in [4.69, 9.17) is 9.47 Å². The fourth-order valence-electron chi connectivity index (χ4n) is 2.22. The summed E-state index contributed by atoms with van der Waals surface area (Å²) in [4.78, 5) is 15.8. The molecule has 7 nitrogen and oxygen atoms in total. The molecule has 0 aliphatic carbocycles. The molecule has 0 heterocycles. The van der Waals surface area contributed by atoms with Gasteiger partial charge >= 0.3 is 0 Å². The van der Waals surface area contributed by atoms with E-state index in [2.05, 4.69) is 20.9 Å². The first-order valence-electron chi connectivity index (χ1n) is 9.03. The molecule has 0 saturated carbocycles. The van der Waals surface area contributed by atoms with Gasteiger partial charge in [-0.15, -0.1) is 0 Å². The second-order valence-corrected chi connectivity index (χ2v) is 5.94. The number of benzene rings is 1. The van der Waals surface area contributed by atoms with Crippen LogP contribution < -0.4 is 20.7 Å². The predicted octanol–water partition coefficient (Wildman–Crippen LogP) is 1.60. The van der Waals surface area contributed by atoms with Crippen LogP contribution in [0.15, 0.2) is 23.2 Å². The number of aliphatic imine (C=N–C) groups is 1. The lowest BCUT2D eigenvalue weighted by Crippen LogP contribution is -2.43. The Morgan fingerprint density at radius 3 is 2.69 bits per heavy atom. The maximum Gasteiger partial charge on any atom is 0.239 e. The van der Waals surface area contributed by atoms with Crippen LogP contribution >= 0.6 is 0 Å². The van der Waals surface area contributed by atoms with Gasteiger partial charge in [-0.25, -0.2) is 0 Å². The Morgan fingerprint density at radius 2 is 2.00 bits per heavy atom. The molecule has 146 valence electrons. The Labute approximate surface area is 156 Å². The normalized spacial score (nSPS) is 11.2. The molecule has 0 aliphatic heterocycles. The molecule has 0 bridgehead atoms. The molecule has 0 radical (unpaired) electrons. The van der Waals surface area contributed by atoms with Gasteiger partial charge in [0.25, 0.3) is 0 Å². The molecular weight excluding hydrogens is 332 g/mol. The molecule has 1 aromatic rings. The summed E-state index contributed by atoms with van der Waals surface area (Å²) in [5.41, 5.74) is 2.18. The number of hydrogen-bond donors (Lipinski definition) is 3. The Morgan fingerprint density at radius 1 is 1.19 bits per heavy atom. The van der Waals surface area contributed by atoms with Gasteiger partial charge in [-0.3, -0.25) is 9.79 Å². The maximum atomic E-state index is 11.7. The number of nitrogens with zero attached hydrogens (tertiary/aromatic N) is 1. The van der Waals surface area contributed by atoms with Gasteiger partial charge in [0.05, 0.1) is 13.2 Å². The number of ether oxygens (including phenoxy) is 2. The van der Waals surface area contributed by atoms with E-state index in [1.165, 1.54) is 0 Å². The average molecular weight is 364 g/mol. The number of carbonyl (C=O) groups is 1. The number of rotatable bonds is 11. The van der Waals surface area contributed by atoms with Crippen LogP contribution in [0.25, 0.3) is 0 Å². The number of carbonyl (C=O) groups excluding carboxylic acids is 1. The van der Waals surface area contributed by atoms with Crippen LogP contribution in [0.3, 0.4) is 0 Å².